The number of nitrogens with zero attached hydrogens (tertiary/aromatic N) is 3. The number of allylic oxidation sites excluding steroid dienone is 1. The molecule has 4 heterocycles. The van der Waals surface area contributed by atoms with Crippen molar-refractivity contribution in [2.24, 2.45) is 0 Å². The monoisotopic (exact) mass is 828 g/mol. The zero-order valence-corrected chi connectivity index (χ0v) is 31.2. The molecule has 2 aromatic rings. The molecule has 1 radical (unpaired) electrons. The zero-order valence-electron chi connectivity index (χ0n) is 26.5. The standard InChI is InChI=1S/C33H39N5O6.Ac/c1-7-8-25(39)36-18(5)33(42)35-13-24-27-20(29(40)17(4)31-32(27)44-14-43-31)11-22-28-26-19(9-15(2)16(3)30(26)41)10-21(37(28)6)23(12-34)38(22)24;/h7-9,18,21-24,28,40-41H,10-11,13-14H2,1-6H3,(H,35,42)(H,36,39);/b8-7+;/t18-,21-,22?,23-,24-,28+;/m0./s1. The summed E-state index contributed by atoms with van der Waals surface area (Å²) >= 11 is 0. The molecule has 4 aliphatic heterocycles. The number of amides is 2. The number of likely N-dealkylation sites (N-methyl/N-ethyl adjacent to an activating group) is 1. The van der Waals surface area contributed by atoms with E-state index in [9.17, 15) is 25.1 Å². The molecule has 0 saturated carbocycles. The van der Waals surface area contributed by atoms with Crippen LogP contribution in [0.25, 0.3) is 0 Å². The van der Waals surface area contributed by atoms with Crippen molar-refractivity contribution in [3.8, 4) is 29.1 Å². The molecule has 0 aliphatic carbocycles. The molecule has 1 unspecified atom stereocenters. The first-order valence-corrected chi connectivity index (χ1v) is 15.1. The first-order chi connectivity index (χ1) is 21.0. The molecule has 4 aliphatic rings. The fraction of sp³-hybridized carbons (Fsp3) is 0.485. The SMILES string of the molecule is C/C=C/C(=O)N[C@@H](C)C(=O)NC[C@H]1c2c(c(O)c(C)c3c2OCO3)CC2[C@@H]3c4c(cc(C)c(C)c4O)C[C@@H]([C@H](C#N)N21)N3C.[Ac]. The number of aromatic hydroxyl groups is 2. The average Bonchev–Trinajstić information content (AvgIpc) is 3.48. The molecule has 4 N–H and O–H groups in total. The predicted molar refractivity (Wildman–Crippen MR) is 161 cm³/mol. The molecular formula is C33H39AcN5O6. The van der Waals surface area contributed by atoms with E-state index in [1.165, 1.54) is 6.08 Å². The van der Waals surface area contributed by atoms with Crippen LogP contribution >= 0.6 is 0 Å². The molecule has 2 amide bonds. The summed E-state index contributed by atoms with van der Waals surface area (Å²) in [7, 11) is 2.00. The van der Waals surface area contributed by atoms with E-state index in [1.54, 1.807) is 26.8 Å². The summed E-state index contributed by atoms with van der Waals surface area (Å²) in [6, 6.07) is 1.99. The number of piperazine rings is 1. The molecule has 2 bridgehead atoms. The second-order valence-corrected chi connectivity index (χ2v) is 12.3. The average molecular weight is 829 g/mol. The molecule has 6 atom stereocenters. The van der Waals surface area contributed by atoms with Gasteiger partial charge in [0.2, 0.25) is 18.6 Å². The van der Waals surface area contributed by atoms with Crippen LogP contribution in [-0.2, 0) is 22.4 Å². The first-order valence-electron chi connectivity index (χ1n) is 15.1. The Morgan fingerprint density at radius 2 is 1.82 bits per heavy atom. The van der Waals surface area contributed by atoms with Crippen LogP contribution in [0.4, 0.5) is 0 Å². The number of benzene rings is 2. The van der Waals surface area contributed by atoms with Crippen LogP contribution in [0.2, 0.25) is 0 Å². The number of phenols is 2. The Labute approximate surface area is 299 Å². The van der Waals surface area contributed by atoms with Crippen molar-refractivity contribution in [1.82, 2.24) is 20.4 Å². The van der Waals surface area contributed by atoms with Gasteiger partial charge in [0.25, 0.3) is 0 Å². The van der Waals surface area contributed by atoms with E-state index in [-0.39, 0.29) is 98.8 Å². The number of fused-ring (bicyclic) bond motifs is 9. The van der Waals surface area contributed by atoms with Crippen LogP contribution in [-0.4, -0.2) is 76.4 Å². The largest absolute Gasteiger partial charge is 0.507 e. The van der Waals surface area contributed by atoms with E-state index in [1.807, 2.05) is 20.9 Å². The summed E-state index contributed by atoms with van der Waals surface area (Å²) < 4.78 is 11.8. The topological polar surface area (TPSA) is 147 Å². The molecule has 11 nitrogen and oxygen atoms in total. The van der Waals surface area contributed by atoms with Crippen molar-refractivity contribution in [3.05, 3.63) is 57.2 Å². The molecule has 2 aromatic carbocycles. The van der Waals surface area contributed by atoms with Gasteiger partial charge in [0, 0.05) is 84.9 Å². The number of hydrogen-bond donors (Lipinski definition) is 4. The third-order valence-corrected chi connectivity index (χ3v) is 10.0. The van der Waals surface area contributed by atoms with Gasteiger partial charge < -0.3 is 30.3 Å². The zero-order chi connectivity index (χ0) is 31.6. The summed E-state index contributed by atoms with van der Waals surface area (Å²) in [5.74, 6) is 0.581. The number of carbonyl (C=O) groups excluding carboxylic acids is 2. The van der Waals surface area contributed by atoms with Gasteiger partial charge in [-0.25, -0.2) is 0 Å². The Hall–Kier alpha value is -2.83. The Morgan fingerprint density at radius 3 is 2.51 bits per heavy atom. The van der Waals surface area contributed by atoms with Crippen LogP contribution in [0.15, 0.2) is 18.2 Å². The maximum atomic E-state index is 13.2. The van der Waals surface area contributed by atoms with Crippen LogP contribution < -0.4 is 20.1 Å². The number of aryl methyl sites for hydroxylation is 1. The Bertz CT molecular complexity index is 1640. The summed E-state index contributed by atoms with van der Waals surface area (Å²) in [5.41, 5.74) is 5.65. The van der Waals surface area contributed by atoms with Gasteiger partial charge >= 0.3 is 0 Å². The third kappa shape index (κ3) is 5.30. The molecule has 45 heavy (non-hydrogen) atoms. The number of rotatable bonds is 5. The molecule has 0 spiro atoms. The number of ether oxygens (including phenoxy) is 2. The quantitative estimate of drug-likeness (QED) is 0.335. The van der Waals surface area contributed by atoms with Crippen LogP contribution in [0, 0.1) is 76.2 Å². The fourth-order valence-corrected chi connectivity index (χ4v) is 7.74. The Morgan fingerprint density at radius 1 is 1.11 bits per heavy atom. The van der Waals surface area contributed by atoms with Gasteiger partial charge in [-0.15, -0.1) is 0 Å². The van der Waals surface area contributed by atoms with Gasteiger partial charge in [0.15, 0.2) is 11.5 Å². The van der Waals surface area contributed by atoms with Gasteiger partial charge in [-0.3, -0.25) is 19.4 Å². The maximum absolute atomic E-state index is 13.2. The first kappa shape index (κ1) is 33.5. The summed E-state index contributed by atoms with van der Waals surface area (Å²) in [6.07, 6.45) is 3.93. The number of nitriles is 1. The Balaban J connectivity index is 0.00000400. The minimum absolute atomic E-state index is 0. The molecule has 12 heteroatoms. The van der Waals surface area contributed by atoms with Gasteiger partial charge in [0.1, 0.15) is 23.6 Å². The maximum Gasteiger partial charge on any atom is 0.244 e. The number of phenolic OH excluding ortho intramolecular Hbond substituents is 2. The van der Waals surface area contributed by atoms with Crippen LogP contribution in [0.5, 0.6) is 23.0 Å². The minimum Gasteiger partial charge on any atom is -0.507 e. The van der Waals surface area contributed by atoms with E-state index in [0.717, 1.165) is 22.3 Å². The second-order valence-electron chi connectivity index (χ2n) is 12.3. The van der Waals surface area contributed by atoms with Gasteiger partial charge in [-0.2, -0.15) is 5.26 Å². The second kappa shape index (κ2) is 12.8. The van der Waals surface area contributed by atoms with Crippen LogP contribution in [0.3, 0.4) is 0 Å². The Kier molecular flexibility index (Phi) is 9.51. The van der Waals surface area contributed by atoms with Gasteiger partial charge in [-0.05, 0) is 77.3 Å². The molecule has 0 aromatic heterocycles. The van der Waals surface area contributed by atoms with Crippen molar-refractivity contribution in [2.75, 3.05) is 20.4 Å². The summed E-state index contributed by atoms with van der Waals surface area (Å²) in [4.78, 5) is 29.7. The minimum atomic E-state index is -0.803. The normalized spacial score (nSPS) is 25.3. The number of carbonyl (C=O) groups is 2. The van der Waals surface area contributed by atoms with Gasteiger partial charge in [-0.1, -0.05) is 12.1 Å². The van der Waals surface area contributed by atoms with E-state index >= 15 is 0 Å². The molecule has 1 fully saturated rings. The molecule has 6 rings (SSSR count). The van der Waals surface area contributed by atoms with Crippen molar-refractivity contribution < 1.29 is 73.3 Å². The number of hydrogen-bond acceptors (Lipinski definition) is 9. The van der Waals surface area contributed by atoms with Crippen molar-refractivity contribution in [2.45, 2.75) is 83.7 Å². The van der Waals surface area contributed by atoms with Gasteiger partial charge in [0.05, 0.1) is 18.2 Å². The predicted octanol–water partition coefficient (Wildman–Crippen LogP) is 2.72. The van der Waals surface area contributed by atoms with Crippen molar-refractivity contribution in [3.63, 3.8) is 0 Å². The third-order valence-electron chi connectivity index (χ3n) is 10.0. The van der Waals surface area contributed by atoms with Crippen LogP contribution in [0.1, 0.15) is 64.9 Å². The molecule has 1 saturated heterocycles. The fourth-order valence-electron chi connectivity index (χ4n) is 7.74. The smallest absolute Gasteiger partial charge is 0.244 e. The molecule has 235 valence electrons. The summed E-state index contributed by atoms with van der Waals surface area (Å²) in [6.45, 7) is 9.11. The summed E-state index contributed by atoms with van der Waals surface area (Å²) in [5, 5.41) is 39.4. The number of nitrogens with one attached hydrogen (secondary N) is 2. The van der Waals surface area contributed by atoms with Crippen molar-refractivity contribution >= 4 is 11.8 Å². The molecular weight excluding hydrogens is 789 g/mol. The van der Waals surface area contributed by atoms with E-state index < -0.39 is 18.1 Å². The van der Waals surface area contributed by atoms with Crippen molar-refractivity contribution in [1.29, 1.82) is 5.26 Å². The van der Waals surface area contributed by atoms with E-state index in [2.05, 4.69) is 32.6 Å². The van der Waals surface area contributed by atoms with E-state index in [0.29, 0.717) is 41.0 Å². The van der Waals surface area contributed by atoms with E-state index in [4.69, 9.17) is 9.47 Å².